The highest BCUT2D eigenvalue weighted by Gasteiger charge is 2.54. The fraction of sp³-hybridized carbons (Fsp3) is 0.250. The number of aliphatic hydroxyl groups is 1. The lowest BCUT2D eigenvalue weighted by atomic mass is 10.0. The van der Waals surface area contributed by atoms with E-state index < -0.39 is 23.3 Å². The number of β-lactam (4-membered cyclic amide) rings is 1. The molecule has 3 heterocycles. The molecule has 9 heteroatoms. The Morgan fingerprint density at radius 3 is 2.76 bits per heavy atom. The molecule has 2 aromatic rings. The zero-order valence-corrected chi connectivity index (χ0v) is 16.1. The molecule has 0 bridgehead atoms. The molecule has 1 saturated heterocycles. The molecular formula is C20H18N2O6S. The van der Waals surface area contributed by atoms with Crippen LogP contribution in [0.5, 0.6) is 0 Å². The summed E-state index contributed by atoms with van der Waals surface area (Å²) < 4.78 is 10.4. The van der Waals surface area contributed by atoms with Crippen molar-refractivity contribution < 1.29 is 28.6 Å². The molecule has 2 atom stereocenters. The minimum Gasteiger partial charge on any atom is -0.509 e. The van der Waals surface area contributed by atoms with Crippen LogP contribution in [0, 0.1) is 0 Å². The predicted octanol–water partition coefficient (Wildman–Crippen LogP) is 1.73. The van der Waals surface area contributed by atoms with Crippen LogP contribution in [0.3, 0.4) is 0 Å². The molecule has 2 N–H and O–H groups in total. The Balaban J connectivity index is 1.40. The van der Waals surface area contributed by atoms with Gasteiger partial charge in [-0.1, -0.05) is 30.3 Å². The highest BCUT2D eigenvalue weighted by molar-refractivity contribution is 8.00. The molecule has 1 aromatic heterocycles. The zero-order chi connectivity index (χ0) is 20.4. The quantitative estimate of drug-likeness (QED) is 0.547. The first kappa shape index (κ1) is 19.1. The third-order valence-corrected chi connectivity index (χ3v) is 5.85. The van der Waals surface area contributed by atoms with Crippen molar-refractivity contribution in [2.45, 2.75) is 24.4 Å². The van der Waals surface area contributed by atoms with Crippen LogP contribution in [0.25, 0.3) is 0 Å². The predicted molar refractivity (Wildman–Crippen MR) is 103 cm³/mol. The number of carbonyl (C=O) groups excluding carboxylic acids is 3. The number of fused-ring (bicyclic) bond motifs is 1. The Hall–Kier alpha value is -3.20. The highest BCUT2D eigenvalue weighted by Crippen LogP contribution is 2.40. The van der Waals surface area contributed by atoms with Crippen molar-refractivity contribution in [2.24, 2.45) is 0 Å². The molecular weight excluding hydrogens is 396 g/mol. The summed E-state index contributed by atoms with van der Waals surface area (Å²) in [7, 11) is 0. The van der Waals surface area contributed by atoms with Gasteiger partial charge in [0.25, 0.3) is 5.91 Å². The van der Waals surface area contributed by atoms with Crippen molar-refractivity contribution in [3.63, 3.8) is 0 Å². The number of carbonyl (C=O) groups is 3. The summed E-state index contributed by atoms with van der Waals surface area (Å²) in [5, 5.41) is 12.4. The zero-order valence-electron chi connectivity index (χ0n) is 15.2. The first-order valence-corrected chi connectivity index (χ1v) is 9.99. The van der Waals surface area contributed by atoms with Gasteiger partial charge in [-0.25, -0.2) is 4.79 Å². The Labute approximate surface area is 170 Å². The molecule has 1 unspecified atom stereocenters. The number of amides is 2. The maximum atomic E-state index is 12.6. The van der Waals surface area contributed by atoms with E-state index in [1.165, 1.54) is 22.9 Å². The van der Waals surface area contributed by atoms with Crippen LogP contribution in [0.2, 0.25) is 0 Å². The Bertz CT molecular complexity index is 957. The van der Waals surface area contributed by atoms with E-state index in [0.29, 0.717) is 5.76 Å². The number of ether oxygens (including phenoxy) is 1. The van der Waals surface area contributed by atoms with Crippen molar-refractivity contribution in [3.05, 3.63) is 71.5 Å². The second-order valence-electron chi connectivity index (χ2n) is 6.57. The summed E-state index contributed by atoms with van der Waals surface area (Å²) in [6.45, 7) is 0.0274. The monoisotopic (exact) mass is 414 g/mol. The number of thioether (sulfide) groups is 1. The van der Waals surface area contributed by atoms with Crippen LogP contribution < -0.4 is 5.32 Å². The smallest absolute Gasteiger partial charge is 0.358 e. The molecule has 2 aliphatic heterocycles. The minimum absolute atomic E-state index is 0.0151. The van der Waals surface area contributed by atoms with E-state index in [1.54, 1.807) is 24.3 Å². The SMILES string of the molecule is O=C(Cc1ccco1)NC1C(=O)N2C(C(=O)OCc3ccccc3)=C(O)CS[C@H]12. The molecule has 150 valence electrons. The molecule has 8 nitrogen and oxygen atoms in total. The summed E-state index contributed by atoms with van der Waals surface area (Å²) >= 11 is 1.27. The van der Waals surface area contributed by atoms with Crippen LogP contribution in [0.15, 0.2) is 64.6 Å². The third-order valence-electron chi connectivity index (χ3n) is 4.59. The average molecular weight is 414 g/mol. The topological polar surface area (TPSA) is 109 Å². The van der Waals surface area contributed by atoms with Crippen molar-refractivity contribution >= 4 is 29.5 Å². The van der Waals surface area contributed by atoms with Crippen LogP contribution in [0.4, 0.5) is 0 Å². The fourth-order valence-electron chi connectivity index (χ4n) is 3.18. The standard InChI is InChI=1S/C20H18N2O6S/c23-14-11-29-19-16(21-15(24)9-13-7-4-8-27-13)18(25)22(19)17(14)20(26)28-10-12-5-2-1-3-6-12/h1-8,16,19,23H,9-11H2,(H,21,24)/t16?,19-/m1/s1. The second-order valence-corrected chi connectivity index (χ2v) is 7.67. The number of nitrogens with zero attached hydrogens (tertiary/aromatic N) is 1. The largest absolute Gasteiger partial charge is 0.509 e. The summed E-state index contributed by atoms with van der Waals surface area (Å²) in [5.74, 6) is -1.17. The molecule has 0 spiro atoms. The lowest BCUT2D eigenvalue weighted by Crippen LogP contribution is -2.70. The average Bonchev–Trinajstić information content (AvgIpc) is 3.23. The van der Waals surface area contributed by atoms with Gasteiger partial charge in [0.05, 0.1) is 18.4 Å². The maximum absolute atomic E-state index is 12.6. The lowest BCUT2D eigenvalue weighted by molar-refractivity contribution is -0.153. The van der Waals surface area contributed by atoms with Crippen LogP contribution in [-0.2, 0) is 32.1 Å². The van der Waals surface area contributed by atoms with Gasteiger partial charge >= 0.3 is 5.97 Å². The number of nitrogens with one attached hydrogen (secondary N) is 1. The van der Waals surface area contributed by atoms with Crippen LogP contribution >= 0.6 is 11.8 Å². The van der Waals surface area contributed by atoms with Crippen molar-refractivity contribution in [3.8, 4) is 0 Å². The summed E-state index contributed by atoms with van der Waals surface area (Å²) in [4.78, 5) is 38.5. The normalized spacial score (nSPS) is 20.7. The third kappa shape index (κ3) is 3.86. The molecule has 2 amide bonds. The molecule has 4 rings (SSSR count). The van der Waals surface area contributed by atoms with Crippen molar-refractivity contribution in [2.75, 3.05) is 5.75 Å². The van der Waals surface area contributed by atoms with Crippen molar-refractivity contribution in [1.82, 2.24) is 10.2 Å². The van der Waals surface area contributed by atoms with E-state index >= 15 is 0 Å². The summed E-state index contributed by atoms with van der Waals surface area (Å²) in [5.41, 5.74) is 0.631. The van der Waals surface area contributed by atoms with Crippen LogP contribution in [-0.4, -0.2) is 45.0 Å². The second kappa shape index (κ2) is 8.04. The summed E-state index contributed by atoms with van der Waals surface area (Å²) in [6.07, 6.45) is 1.48. The maximum Gasteiger partial charge on any atom is 0.358 e. The van der Waals surface area contributed by atoms with Gasteiger partial charge < -0.3 is 19.6 Å². The number of hydrogen-bond acceptors (Lipinski definition) is 7. The Morgan fingerprint density at radius 2 is 2.03 bits per heavy atom. The van der Waals surface area contributed by atoms with E-state index in [4.69, 9.17) is 9.15 Å². The van der Waals surface area contributed by atoms with E-state index in [-0.39, 0.29) is 36.1 Å². The van der Waals surface area contributed by atoms with Gasteiger partial charge in [0.1, 0.15) is 29.5 Å². The van der Waals surface area contributed by atoms with Gasteiger partial charge in [0.2, 0.25) is 5.91 Å². The molecule has 1 aromatic carbocycles. The van der Waals surface area contributed by atoms with Crippen LogP contribution in [0.1, 0.15) is 11.3 Å². The number of esters is 1. The molecule has 0 saturated carbocycles. The highest BCUT2D eigenvalue weighted by atomic mass is 32.2. The number of aliphatic hydroxyl groups excluding tert-OH is 1. The number of rotatable bonds is 6. The van der Waals surface area contributed by atoms with E-state index in [2.05, 4.69) is 5.32 Å². The van der Waals surface area contributed by atoms with Gasteiger partial charge in [-0.2, -0.15) is 0 Å². The van der Waals surface area contributed by atoms with E-state index in [9.17, 15) is 19.5 Å². The summed E-state index contributed by atoms with van der Waals surface area (Å²) in [6, 6.07) is 11.7. The van der Waals surface area contributed by atoms with Gasteiger partial charge in [-0.15, -0.1) is 11.8 Å². The molecule has 1 fully saturated rings. The number of hydrogen-bond donors (Lipinski definition) is 2. The number of benzene rings is 1. The van der Waals surface area contributed by atoms with E-state index in [1.807, 2.05) is 18.2 Å². The van der Waals surface area contributed by atoms with E-state index in [0.717, 1.165) is 5.56 Å². The first-order valence-electron chi connectivity index (χ1n) is 8.94. The van der Waals surface area contributed by atoms with Gasteiger partial charge in [0.15, 0.2) is 5.70 Å². The van der Waals surface area contributed by atoms with Gasteiger partial charge in [0, 0.05) is 0 Å². The number of furan rings is 1. The lowest BCUT2D eigenvalue weighted by Gasteiger charge is -2.48. The molecule has 0 aliphatic carbocycles. The Morgan fingerprint density at radius 1 is 1.24 bits per heavy atom. The van der Waals surface area contributed by atoms with Gasteiger partial charge in [-0.05, 0) is 17.7 Å². The minimum atomic E-state index is -0.773. The van der Waals surface area contributed by atoms with Gasteiger partial charge in [-0.3, -0.25) is 14.5 Å². The molecule has 2 aliphatic rings. The fourth-order valence-corrected chi connectivity index (χ4v) is 4.38. The molecule has 0 radical (unpaired) electrons. The Kier molecular flexibility index (Phi) is 5.30. The van der Waals surface area contributed by atoms with Crippen molar-refractivity contribution in [1.29, 1.82) is 0 Å². The molecule has 29 heavy (non-hydrogen) atoms. The first-order chi connectivity index (χ1) is 14.0.